The van der Waals surface area contributed by atoms with Gasteiger partial charge in [0.05, 0.1) is 11.0 Å². The van der Waals surface area contributed by atoms with Crippen LogP contribution in [0.4, 0.5) is 0 Å². The van der Waals surface area contributed by atoms with E-state index in [0.717, 1.165) is 12.2 Å². The van der Waals surface area contributed by atoms with Crippen molar-refractivity contribution in [2.45, 2.75) is 25.5 Å². The van der Waals surface area contributed by atoms with E-state index < -0.39 is 9.84 Å². The molecule has 0 aromatic heterocycles. The molecule has 0 aromatic carbocycles. The van der Waals surface area contributed by atoms with E-state index in [-0.39, 0.29) is 17.6 Å². The molecule has 0 unspecified atom stereocenters. The summed E-state index contributed by atoms with van der Waals surface area (Å²) in [4.78, 5) is 0. The molecule has 0 aromatic rings. The molecule has 0 rings (SSSR count). The van der Waals surface area contributed by atoms with Crippen LogP contribution in [0.15, 0.2) is 0 Å². The molecule has 0 bridgehead atoms. The Bertz CT molecular complexity index is 209. The minimum absolute atomic E-state index is 0.184. The Kier molecular flexibility index (Phi) is 6.81. The van der Waals surface area contributed by atoms with Crippen LogP contribution in [-0.2, 0) is 9.84 Å². The van der Waals surface area contributed by atoms with Gasteiger partial charge in [0.15, 0.2) is 9.84 Å². The largest absolute Gasteiger partial charge is 0.396 e. The summed E-state index contributed by atoms with van der Waals surface area (Å²) < 4.78 is 22.6. The molecule has 5 heteroatoms. The molecular weight excluding hydrogens is 208 g/mol. The van der Waals surface area contributed by atoms with Crippen LogP contribution in [0.3, 0.4) is 0 Å². The number of aliphatic hydroxyl groups is 1. The smallest absolute Gasteiger partial charge is 0.153 e. The Morgan fingerprint density at radius 3 is 2.38 bits per heavy atom. The first-order valence-corrected chi connectivity index (χ1v) is 7.28. The summed E-state index contributed by atoms with van der Waals surface area (Å²) >= 11 is 1.58. The average Bonchev–Trinajstić information content (AvgIpc) is 2.03. The van der Waals surface area contributed by atoms with Crippen molar-refractivity contribution < 1.29 is 13.5 Å². The van der Waals surface area contributed by atoms with Gasteiger partial charge in [-0.05, 0) is 26.0 Å². The lowest BCUT2D eigenvalue weighted by Crippen LogP contribution is -2.19. The van der Waals surface area contributed by atoms with Gasteiger partial charge in [0.1, 0.15) is 0 Å². The lowest BCUT2D eigenvalue weighted by Gasteiger charge is -2.06. The third-order valence-corrected chi connectivity index (χ3v) is 5.22. The van der Waals surface area contributed by atoms with E-state index in [4.69, 9.17) is 5.11 Å². The van der Waals surface area contributed by atoms with Crippen molar-refractivity contribution in [3.8, 4) is 0 Å². The van der Waals surface area contributed by atoms with Gasteiger partial charge in [-0.3, -0.25) is 0 Å². The molecule has 13 heavy (non-hydrogen) atoms. The molecule has 0 saturated heterocycles. The number of thioether (sulfide) groups is 1. The predicted octanol–water partition coefficient (Wildman–Crippen LogP) is 0.925. The minimum Gasteiger partial charge on any atom is -0.396 e. The van der Waals surface area contributed by atoms with Crippen molar-refractivity contribution >= 4 is 21.6 Å². The molecule has 0 heterocycles. The Hall–Kier alpha value is 0.260. The fourth-order valence-electron chi connectivity index (χ4n) is 0.679. The molecule has 0 radical (unpaired) electrons. The Labute approximate surface area is 84.8 Å². The van der Waals surface area contributed by atoms with Gasteiger partial charge in [0.2, 0.25) is 0 Å². The SMILES string of the molecule is CC(C)S(=O)(=O)CCSCCCO. The molecule has 0 spiro atoms. The first kappa shape index (κ1) is 13.3. The van der Waals surface area contributed by atoms with Crippen molar-refractivity contribution in [2.24, 2.45) is 0 Å². The van der Waals surface area contributed by atoms with E-state index in [0.29, 0.717) is 5.75 Å². The highest BCUT2D eigenvalue weighted by molar-refractivity contribution is 8.00. The summed E-state index contributed by atoms with van der Waals surface area (Å²) in [5.74, 6) is 1.73. The van der Waals surface area contributed by atoms with E-state index in [1.165, 1.54) is 0 Å². The average molecular weight is 226 g/mol. The fraction of sp³-hybridized carbons (Fsp3) is 1.00. The van der Waals surface area contributed by atoms with Crippen molar-refractivity contribution in [3.05, 3.63) is 0 Å². The molecule has 0 amide bonds. The van der Waals surface area contributed by atoms with Crippen LogP contribution in [0.1, 0.15) is 20.3 Å². The van der Waals surface area contributed by atoms with Crippen molar-refractivity contribution in [1.29, 1.82) is 0 Å². The molecule has 0 aliphatic heterocycles. The van der Waals surface area contributed by atoms with Crippen LogP contribution in [0.2, 0.25) is 0 Å². The lowest BCUT2D eigenvalue weighted by atomic mass is 10.5. The maximum absolute atomic E-state index is 11.3. The molecule has 0 atom stereocenters. The third kappa shape index (κ3) is 6.35. The minimum atomic E-state index is -2.87. The predicted molar refractivity (Wildman–Crippen MR) is 58.0 cm³/mol. The Morgan fingerprint density at radius 1 is 1.31 bits per heavy atom. The number of aliphatic hydroxyl groups excluding tert-OH is 1. The maximum atomic E-state index is 11.3. The zero-order valence-corrected chi connectivity index (χ0v) is 9.83. The zero-order chi connectivity index (χ0) is 10.3. The molecule has 0 fully saturated rings. The highest BCUT2D eigenvalue weighted by atomic mass is 32.2. The van der Waals surface area contributed by atoms with Crippen molar-refractivity contribution in [1.82, 2.24) is 0 Å². The normalized spacial score (nSPS) is 12.3. The topological polar surface area (TPSA) is 54.4 Å². The maximum Gasteiger partial charge on any atom is 0.153 e. The van der Waals surface area contributed by atoms with E-state index in [1.807, 2.05) is 0 Å². The second kappa shape index (κ2) is 6.68. The lowest BCUT2D eigenvalue weighted by molar-refractivity contribution is 0.296. The van der Waals surface area contributed by atoms with Crippen LogP contribution in [0, 0.1) is 0 Å². The van der Waals surface area contributed by atoms with Crippen LogP contribution in [-0.4, -0.2) is 42.6 Å². The summed E-state index contributed by atoms with van der Waals surface area (Å²) in [5.41, 5.74) is 0. The number of sulfone groups is 1. The van der Waals surface area contributed by atoms with Crippen LogP contribution >= 0.6 is 11.8 Å². The molecule has 80 valence electrons. The second-order valence-corrected chi connectivity index (χ2v) is 7.01. The van der Waals surface area contributed by atoms with E-state index >= 15 is 0 Å². The zero-order valence-electron chi connectivity index (χ0n) is 8.19. The highest BCUT2D eigenvalue weighted by Crippen LogP contribution is 2.07. The Morgan fingerprint density at radius 2 is 1.92 bits per heavy atom. The molecule has 0 aliphatic rings. The van der Waals surface area contributed by atoms with Crippen LogP contribution in [0.5, 0.6) is 0 Å². The second-order valence-electron chi connectivity index (χ2n) is 3.11. The van der Waals surface area contributed by atoms with Gasteiger partial charge >= 0.3 is 0 Å². The number of hydrogen-bond donors (Lipinski definition) is 1. The third-order valence-electron chi connectivity index (χ3n) is 1.68. The number of hydrogen-bond acceptors (Lipinski definition) is 4. The summed E-state index contributed by atoms with van der Waals surface area (Å²) in [6, 6.07) is 0. The van der Waals surface area contributed by atoms with Crippen LogP contribution < -0.4 is 0 Å². The summed E-state index contributed by atoms with van der Waals surface area (Å²) in [6.07, 6.45) is 0.742. The molecule has 0 saturated carbocycles. The van der Waals surface area contributed by atoms with Crippen molar-refractivity contribution in [2.75, 3.05) is 23.9 Å². The van der Waals surface area contributed by atoms with Gasteiger partial charge in [-0.25, -0.2) is 8.42 Å². The quantitative estimate of drug-likeness (QED) is 0.656. The fourth-order valence-corrected chi connectivity index (χ4v) is 3.09. The highest BCUT2D eigenvalue weighted by Gasteiger charge is 2.14. The van der Waals surface area contributed by atoms with Gasteiger partial charge in [-0.1, -0.05) is 0 Å². The van der Waals surface area contributed by atoms with Crippen molar-refractivity contribution in [3.63, 3.8) is 0 Å². The Balaban J connectivity index is 3.53. The van der Waals surface area contributed by atoms with Crippen LogP contribution in [0.25, 0.3) is 0 Å². The first-order chi connectivity index (χ1) is 6.00. The summed E-state index contributed by atoms with van der Waals surface area (Å²) in [5, 5.41) is 8.21. The monoisotopic (exact) mass is 226 g/mol. The van der Waals surface area contributed by atoms with Gasteiger partial charge in [0.25, 0.3) is 0 Å². The van der Waals surface area contributed by atoms with Gasteiger partial charge in [-0.15, -0.1) is 0 Å². The van der Waals surface area contributed by atoms with Gasteiger partial charge in [-0.2, -0.15) is 11.8 Å². The van der Waals surface area contributed by atoms with E-state index in [9.17, 15) is 8.42 Å². The first-order valence-electron chi connectivity index (χ1n) is 4.41. The molecular formula is C8H18O3S2. The van der Waals surface area contributed by atoms with E-state index in [1.54, 1.807) is 25.6 Å². The molecule has 1 N–H and O–H groups in total. The number of rotatable bonds is 7. The van der Waals surface area contributed by atoms with Gasteiger partial charge < -0.3 is 5.11 Å². The summed E-state index contributed by atoms with van der Waals surface area (Å²) in [7, 11) is -2.87. The van der Waals surface area contributed by atoms with E-state index in [2.05, 4.69) is 0 Å². The standard InChI is InChI=1S/C8H18O3S2/c1-8(2)13(10,11)7-6-12-5-3-4-9/h8-9H,3-7H2,1-2H3. The molecule has 3 nitrogen and oxygen atoms in total. The molecule has 0 aliphatic carbocycles. The summed E-state index contributed by atoms with van der Waals surface area (Å²) in [6.45, 7) is 3.59. The van der Waals surface area contributed by atoms with Gasteiger partial charge in [0, 0.05) is 12.4 Å².